The summed E-state index contributed by atoms with van der Waals surface area (Å²) >= 11 is 0. The summed E-state index contributed by atoms with van der Waals surface area (Å²) in [6.45, 7) is 1.47. The first kappa shape index (κ1) is 19.8. The van der Waals surface area contributed by atoms with Gasteiger partial charge < -0.3 is 14.5 Å². The molecule has 5 nitrogen and oxygen atoms in total. The van der Waals surface area contributed by atoms with Gasteiger partial charge in [-0.3, -0.25) is 4.79 Å². The van der Waals surface area contributed by atoms with Crippen LogP contribution in [0.1, 0.15) is 33.5 Å². The van der Waals surface area contributed by atoms with Gasteiger partial charge in [-0.2, -0.15) is 0 Å². The van der Waals surface area contributed by atoms with E-state index in [9.17, 15) is 4.79 Å². The molecule has 5 heteroatoms. The molecule has 0 saturated carbocycles. The third-order valence-corrected chi connectivity index (χ3v) is 4.65. The molecule has 0 heterocycles. The van der Waals surface area contributed by atoms with E-state index in [1.54, 1.807) is 25.3 Å². The molecule has 146 valence electrons. The van der Waals surface area contributed by atoms with Gasteiger partial charge in [-0.25, -0.2) is 0 Å². The number of hydrogen-bond acceptors (Lipinski definition) is 5. The highest BCUT2D eigenvalue weighted by Crippen LogP contribution is 2.24. The largest absolute Gasteiger partial charge is 0.492 e. The third-order valence-electron chi connectivity index (χ3n) is 4.65. The monoisotopic (exact) mass is 378 g/mol. The lowest BCUT2D eigenvalue weighted by Crippen LogP contribution is -2.19. The highest BCUT2D eigenvalue weighted by Gasteiger charge is 2.18. The highest BCUT2D eigenvalue weighted by molar-refractivity contribution is 6.07. The topological polar surface area (TPSA) is 51.1 Å². The van der Waals surface area contributed by atoms with Gasteiger partial charge in [-0.1, -0.05) is 29.4 Å². The number of carbonyl (C=O) groups excluding carboxylic acids is 1. The molecule has 1 aliphatic rings. The smallest absolute Gasteiger partial charge is 0.185 e. The van der Waals surface area contributed by atoms with Crippen LogP contribution in [0.3, 0.4) is 0 Å². The number of nitrogens with zero attached hydrogens (tertiary/aromatic N) is 2. The van der Waals surface area contributed by atoms with E-state index >= 15 is 0 Å². The summed E-state index contributed by atoms with van der Waals surface area (Å²) in [6, 6.07) is 13.4. The number of aryl methyl sites for hydroxylation is 1. The maximum atomic E-state index is 12.4. The van der Waals surface area contributed by atoms with Crippen molar-refractivity contribution >= 4 is 17.6 Å². The van der Waals surface area contributed by atoms with Gasteiger partial charge in [-0.15, -0.1) is 0 Å². The predicted octanol–water partition coefficient (Wildman–Crippen LogP) is 3.82. The minimum absolute atomic E-state index is 0.0259. The molecule has 2 aromatic rings. The van der Waals surface area contributed by atoms with E-state index in [1.807, 2.05) is 44.4 Å². The minimum atomic E-state index is -0.0259. The van der Waals surface area contributed by atoms with Gasteiger partial charge in [0.05, 0.1) is 5.71 Å². The Morgan fingerprint density at radius 3 is 2.64 bits per heavy atom. The quantitative estimate of drug-likeness (QED) is 0.398. The molecule has 0 aromatic heterocycles. The molecular weight excluding hydrogens is 352 g/mol. The van der Waals surface area contributed by atoms with Crippen LogP contribution >= 0.6 is 0 Å². The van der Waals surface area contributed by atoms with Crippen LogP contribution in [0.15, 0.2) is 53.7 Å². The van der Waals surface area contributed by atoms with E-state index in [0.717, 1.165) is 42.0 Å². The molecule has 0 spiro atoms. The number of rotatable bonds is 8. The molecule has 28 heavy (non-hydrogen) atoms. The minimum Gasteiger partial charge on any atom is -0.492 e. The number of likely N-dealkylation sites (N-methyl/N-ethyl adjacent to an activating group) is 1. The summed E-state index contributed by atoms with van der Waals surface area (Å²) in [5.41, 5.74) is 5.01. The number of carbonyl (C=O) groups is 1. The van der Waals surface area contributed by atoms with Crippen LogP contribution in [0.5, 0.6) is 5.75 Å². The second kappa shape index (κ2) is 9.33. The number of oxime groups is 1. The van der Waals surface area contributed by atoms with Crippen molar-refractivity contribution in [1.82, 2.24) is 4.90 Å². The van der Waals surface area contributed by atoms with Crippen molar-refractivity contribution in [3.8, 4) is 5.75 Å². The van der Waals surface area contributed by atoms with E-state index < -0.39 is 0 Å². The maximum absolute atomic E-state index is 12.4. The van der Waals surface area contributed by atoms with Gasteiger partial charge in [0.1, 0.15) is 19.5 Å². The summed E-state index contributed by atoms with van der Waals surface area (Å²) < 4.78 is 5.66. The fraction of sp³-hybridized carbons (Fsp3) is 0.304. The van der Waals surface area contributed by atoms with Crippen molar-refractivity contribution in [1.29, 1.82) is 0 Å². The first-order chi connectivity index (χ1) is 13.6. The summed E-state index contributed by atoms with van der Waals surface area (Å²) in [5.74, 6) is 0.747. The summed E-state index contributed by atoms with van der Waals surface area (Å²) in [6.07, 6.45) is 5.30. The molecule has 2 aromatic carbocycles. The fourth-order valence-electron chi connectivity index (χ4n) is 3.13. The Kier molecular flexibility index (Phi) is 6.61. The second-order valence-electron chi connectivity index (χ2n) is 7.01. The van der Waals surface area contributed by atoms with Crippen molar-refractivity contribution < 1.29 is 14.4 Å². The van der Waals surface area contributed by atoms with Gasteiger partial charge in [0.25, 0.3) is 0 Å². The van der Waals surface area contributed by atoms with Crippen LogP contribution < -0.4 is 4.74 Å². The Labute approximate surface area is 166 Å². The van der Waals surface area contributed by atoms with E-state index in [4.69, 9.17) is 9.57 Å². The number of fused-ring (bicyclic) bond motifs is 1. The summed E-state index contributed by atoms with van der Waals surface area (Å²) in [7, 11) is 5.57. The fourth-order valence-corrected chi connectivity index (χ4v) is 3.13. The van der Waals surface area contributed by atoms with E-state index in [0.29, 0.717) is 12.2 Å². The zero-order valence-corrected chi connectivity index (χ0v) is 16.6. The molecule has 0 aliphatic heterocycles. The Hall–Kier alpha value is -2.92. The van der Waals surface area contributed by atoms with Crippen LogP contribution in [-0.2, 0) is 11.3 Å². The molecule has 0 fully saturated rings. The molecule has 0 atom stereocenters. The van der Waals surface area contributed by atoms with Crippen molar-refractivity contribution in [3.63, 3.8) is 0 Å². The second-order valence-corrected chi connectivity index (χ2v) is 7.01. The first-order valence-electron chi connectivity index (χ1n) is 9.40. The zero-order chi connectivity index (χ0) is 19.9. The normalized spacial score (nSPS) is 14.6. The van der Waals surface area contributed by atoms with E-state index in [1.165, 1.54) is 5.56 Å². The lowest BCUT2D eigenvalue weighted by atomic mass is 10.0. The number of benzene rings is 2. The number of ketones is 1. The van der Waals surface area contributed by atoms with Gasteiger partial charge in [0.15, 0.2) is 5.78 Å². The molecule has 0 amide bonds. The maximum Gasteiger partial charge on any atom is 0.185 e. The lowest BCUT2D eigenvalue weighted by Gasteiger charge is -2.11. The Morgan fingerprint density at radius 1 is 1.14 bits per heavy atom. The van der Waals surface area contributed by atoms with Gasteiger partial charge in [0.2, 0.25) is 0 Å². The van der Waals surface area contributed by atoms with Crippen molar-refractivity contribution in [3.05, 3.63) is 70.8 Å². The molecule has 0 N–H and O–H groups in total. The first-order valence-corrected chi connectivity index (χ1v) is 9.40. The molecule has 0 bridgehead atoms. The van der Waals surface area contributed by atoms with Crippen molar-refractivity contribution in [2.45, 2.75) is 12.8 Å². The standard InChI is InChI=1S/C23H26N2O3/c1-25(2)14-15-28-20-9-6-18(7-10-20)23(26)13-5-17-4-11-21-19(16-17)8-12-22(21)24-27-3/h4-7,9-11,13,16H,8,12,14-15H2,1-3H3/b13-5-,24-22-. The van der Waals surface area contributed by atoms with Gasteiger partial charge >= 0.3 is 0 Å². The van der Waals surface area contributed by atoms with Crippen LogP contribution in [0, 0.1) is 0 Å². The Balaban J connectivity index is 1.62. The van der Waals surface area contributed by atoms with E-state index in [2.05, 4.69) is 16.1 Å². The van der Waals surface area contributed by atoms with Crippen LogP contribution in [0.25, 0.3) is 6.08 Å². The number of ether oxygens (including phenoxy) is 1. The number of allylic oxidation sites excluding steroid dienone is 1. The average Bonchev–Trinajstić information content (AvgIpc) is 3.09. The van der Waals surface area contributed by atoms with Crippen molar-refractivity contribution in [2.75, 3.05) is 34.4 Å². The molecule has 0 saturated heterocycles. The van der Waals surface area contributed by atoms with Gasteiger partial charge in [0, 0.05) is 17.7 Å². The lowest BCUT2D eigenvalue weighted by molar-refractivity contribution is 0.104. The third kappa shape index (κ3) is 5.08. The van der Waals surface area contributed by atoms with Crippen LogP contribution in [0.2, 0.25) is 0 Å². The van der Waals surface area contributed by atoms with Crippen LogP contribution in [0.4, 0.5) is 0 Å². The Bertz CT molecular complexity index is 883. The Morgan fingerprint density at radius 2 is 1.93 bits per heavy atom. The summed E-state index contributed by atoms with van der Waals surface area (Å²) in [5, 5.41) is 4.07. The predicted molar refractivity (Wildman–Crippen MR) is 112 cm³/mol. The van der Waals surface area contributed by atoms with Gasteiger partial charge in [-0.05, 0) is 68.4 Å². The molecule has 0 unspecified atom stereocenters. The average molecular weight is 378 g/mol. The van der Waals surface area contributed by atoms with Crippen molar-refractivity contribution in [2.24, 2.45) is 5.16 Å². The zero-order valence-electron chi connectivity index (χ0n) is 16.6. The molecular formula is C23H26N2O3. The van der Waals surface area contributed by atoms with Crippen LogP contribution in [-0.4, -0.2) is 50.8 Å². The SMILES string of the molecule is CO/N=C1/CCc2cc(/C=C\C(=O)c3ccc(OCCN(C)C)cc3)ccc21. The number of hydrogen-bond donors (Lipinski definition) is 0. The molecule has 3 rings (SSSR count). The molecule has 0 radical (unpaired) electrons. The van der Waals surface area contributed by atoms with E-state index in [-0.39, 0.29) is 5.78 Å². The molecule has 1 aliphatic carbocycles. The highest BCUT2D eigenvalue weighted by atomic mass is 16.6. The summed E-state index contributed by atoms with van der Waals surface area (Å²) in [4.78, 5) is 19.4.